The SMILES string of the molecule is Nc1cc(C(N)c2ccccc2)ccc1Cl. The van der Waals surface area contributed by atoms with Gasteiger partial charge < -0.3 is 11.5 Å². The van der Waals surface area contributed by atoms with E-state index >= 15 is 0 Å². The first-order valence-electron chi connectivity index (χ1n) is 5.04. The summed E-state index contributed by atoms with van der Waals surface area (Å²) in [5.74, 6) is 0. The van der Waals surface area contributed by atoms with Crippen molar-refractivity contribution in [1.29, 1.82) is 0 Å². The molecule has 1 unspecified atom stereocenters. The van der Waals surface area contributed by atoms with E-state index in [2.05, 4.69) is 0 Å². The highest BCUT2D eigenvalue weighted by molar-refractivity contribution is 6.33. The normalized spacial score (nSPS) is 12.4. The lowest BCUT2D eigenvalue weighted by atomic mass is 9.99. The van der Waals surface area contributed by atoms with Crippen molar-refractivity contribution in [3.8, 4) is 0 Å². The summed E-state index contributed by atoms with van der Waals surface area (Å²) < 4.78 is 0. The Balaban J connectivity index is 2.34. The zero-order valence-corrected chi connectivity index (χ0v) is 9.48. The van der Waals surface area contributed by atoms with Gasteiger partial charge in [0.1, 0.15) is 0 Å². The zero-order valence-electron chi connectivity index (χ0n) is 8.73. The van der Waals surface area contributed by atoms with Crippen molar-refractivity contribution >= 4 is 17.3 Å². The van der Waals surface area contributed by atoms with Crippen LogP contribution < -0.4 is 11.5 Å². The highest BCUT2D eigenvalue weighted by Gasteiger charge is 2.09. The van der Waals surface area contributed by atoms with Gasteiger partial charge in [0, 0.05) is 0 Å². The van der Waals surface area contributed by atoms with Crippen LogP contribution in [0.5, 0.6) is 0 Å². The summed E-state index contributed by atoms with van der Waals surface area (Å²) >= 11 is 5.87. The van der Waals surface area contributed by atoms with E-state index in [9.17, 15) is 0 Å². The Bertz CT molecular complexity index is 483. The van der Waals surface area contributed by atoms with Crippen LogP contribution in [0.25, 0.3) is 0 Å². The Labute approximate surface area is 99.8 Å². The quantitative estimate of drug-likeness (QED) is 0.783. The Morgan fingerprint density at radius 2 is 1.62 bits per heavy atom. The summed E-state index contributed by atoms with van der Waals surface area (Å²) in [6, 6.07) is 15.2. The average molecular weight is 233 g/mol. The number of benzene rings is 2. The third kappa shape index (κ3) is 2.18. The molecule has 0 aliphatic rings. The van der Waals surface area contributed by atoms with E-state index in [0.717, 1.165) is 11.1 Å². The Kier molecular flexibility index (Phi) is 3.13. The third-order valence-electron chi connectivity index (χ3n) is 2.54. The van der Waals surface area contributed by atoms with Gasteiger partial charge >= 0.3 is 0 Å². The van der Waals surface area contributed by atoms with Crippen molar-refractivity contribution in [2.75, 3.05) is 5.73 Å². The molecule has 0 saturated heterocycles. The van der Waals surface area contributed by atoms with E-state index in [1.54, 1.807) is 6.07 Å². The number of nitrogens with two attached hydrogens (primary N) is 2. The second-order valence-electron chi connectivity index (χ2n) is 3.67. The third-order valence-corrected chi connectivity index (χ3v) is 2.88. The van der Waals surface area contributed by atoms with Crippen LogP contribution in [0.3, 0.4) is 0 Å². The molecule has 4 N–H and O–H groups in total. The predicted octanol–water partition coefficient (Wildman–Crippen LogP) is 2.97. The highest BCUT2D eigenvalue weighted by atomic mass is 35.5. The number of nitrogen functional groups attached to an aromatic ring is 1. The fourth-order valence-electron chi connectivity index (χ4n) is 1.61. The minimum Gasteiger partial charge on any atom is -0.398 e. The molecule has 16 heavy (non-hydrogen) atoms. The van der Waals surface area contributed by atoms with Gasteiger partial charge in [0.25, 0.3) is 0 Å². The molecule has 0 fully saturated rings. The van der Waals surface area contributed by atoms with Gasteiger partial charge in [0.05, 0.1) is 16.8 Å². The maximum Gasteiger partial charge on any atom is 0.0635 e. The van der Waals surface area contributed by atoms with E-state index in [0.29, 0.717) is 10.7 Å². The minimum absolute atomic E-state index is 0.166. The monoisotopic (exact) mass is 232 g/mol. The second kappa shape index (κ2) is 4.56. The molecule has 0 radical (unpaired) electrons. The van der Waals surface area contributed by atoms with Gasteiger partial charge in [-0.2, -0.15) is 0 Å². The van der Waals surface area contributed by atoms with Gasteiger partial charge in [-0.05, 0) is 23.3 Å². The lowest BCUT2D eigenvalue weighted by Gasteiger charge is -2.13. The van der Waals surface area contributed by atoms with Crippen LogP contribution in [0, 0.1) is 0 Å². The van der Waals surface area contributed by atoms with E-state index in [1.165, 1.54) is 0 Å². The van der Waals surface area contributed by atoms with E-state index in [4.69, 9.17) is 23.1 Å². The topological polar surface area (TPSA) is 52.0 Å². The van der Waals surface area contributed by atoms with E-state index < -0.39 is 0 Å². The number of hydrogen-bond donors (Lipinski definition) is 2. The Hall–Kier alpha value is -1.51. The van der Waals surface area contributed by atoms with Crippen molar-refractivity contribution in [3.05, 3.63) is 64.7 Å². The van der Waals surface area contributed by atoms with Gasteiger partial charge in [-0.1, -0.05) is 48.0 Å². The molecule has 2 aromatic rings. The van der Waals surface area contributed by atoms with Crippen LogP contribution in [0.1, 0.15) is 17.2 Å². The van der Waals surface area contributed by atoms with Crippen molar-refractivity contribution < 1.29 is 0 Å². The molecule has 2 rings (SSSR count). The molecule has 0 heterocycles. The van der Waals surface area contributed by atoms with Gasteiger partial charge in [0.15, 0.2) is 0 Å². The lowest BCUT2D eigenvalue weighted by Crippen LogP contribution is -2.11. The van der Waals surface area contributed by atoms with Gasteiger partial charge in [0.2, 0.25) is 0 Å². The Morgan fingerprint density at radius 3 is 2.25 bits per heavy atom. The maximum absolute atomic E-state index is 6.14. The smallest absolute Gasteiger partial charge is 0.0635 e. The first kappa shape index (κ1) is 11.0. The number of anilines is 1. The molecule has 0 amide bonds. The second-order valence-corrected chi connectivity index (χ2v) is 4.08. The largest absolute Gasteiger partial charge is 0.398 e. The summed E-state index contributed by atoms with van der Waals surface area (Å²) in [5, 5.41) is 0.559. The van der Waals surface area contributed by atoms with Crippen molar-refractivity contribution in [2.45, 2.75) is 6.04 Å². The van der Waals surface area contributed by atoms with Gasteiger partial charge in [-0.15, -0.1) is 0 Å². The molecule has 1 atom stereocenters. The summed E-state index contributed by atoms with van der Waals surface area (Å²) in [6.45, 7) is 0. The van der Waals surface area contributed by atoms with Crippen LogP contribution in [-0.2, 0) is 0 Å². The molecule has 2 aromatic carbocycles. The summed E-state index contributed by atoms with van der Waals surface area (Å²) in [5.41, 5.74) is 14.5. The lowest BCUT2D eigenvalue weighted by molar-refractivity contribution is 0.872. The zero-order chi connectivity index (χ0) is 11.5. The highest BCUT2D eigenvalue weighted by Crippen LogP contribution is 2.25. The predicted molar refractivity (Wildman–Crippen MR) is 68.3 cm³/mol. The fourth-order valence-corrected chi connectivity index (χ4v) is 1.73. The maximum atomic E-state index is 6.14. The number of halogens is 1. The minimum atomic E-state index is -0.166. The molecular formula is C13H13ClN2. The standard InChI is InChI=1S/C13H13ClN2/c14-11-7-6-10(8-12(11)15)13(16)9-4-2-1-3-5-9/h1-8,13H,15-16H2. The van der Waals surface area contributed by atoms with E-state index in [-0.39, 0.29) is 6.04 Å². The molecule has 0 spiro atoms. The molecule has 0 aliphatic carbocycles. The summed E-state index contributed by atoms with van der Waals surface area (Å²) in [4.78, 5) is 0. The fraction of sp³-hybridized carbons (Fsp3) is 0.0769. The van der Waals surface area contributed by atoms with Crippen molar-refractivity contribution in [1.82, 2.24) is 0 Å². The van der Waals surface area contributed by atoms with Crippen molar-refractivity contribution in [2.24, 2.45) is 5.73 Å². The molecule has 0 saturated carbocycles. The van der Waals surface area contributed by atoms with E-state index in [1.807, 2.05) is 42.5 Å². The van der Waals surface area contributed by atoms with Gasteiger partial charge in [-0.25, -0.2) is 0 Å². The summed E-state index contributed by atoms with van der Waals surface area (Å²) in [7, 11) is 0. The molecule has 0 aliphatic heterocycles. The Morgan fingerprint density at radius 1 is 0.938 bits per heavy atom. The summed E-state index contributed by atoms with van der Waals surface area (Å²) in [6.07, 6.45) is 0. The molecule has 0 bridgehead atoms. The molecule has 0 aromatic heterocycles. The van der Waals surface area contributed by atoms with Crippen LogP contribution in [-0.4, -0.2) is 0 Å². The number of rotatable bonds is 2. The molecule has 2 nitrogen and oxygen atoms in total. The first-order valence-corrected chi connectivity index (χ1v) is 5.42. The molecular weight excluding hydrogens is 220 g/mol. The first-order chi connectivity index (χ1) is 7.68. The van der Waals surface area contributed by atoms with Crippen LogP contribution in [0.4, 0.5) is 5.69 Å². The molecule has 3 heteroatoms. The van der Waals surface area contributed by atoms with Crippen LogP contribution in [0.2, 0.25) is 5.02 Å². The average Bonchev–Trinajstić information content (AvgIpc) is 2.33. The number of hydrogen-bond acceptors (Lipinski definition) is 2. The van der Waals surface area contributed by atoms with Gasteiger partial charge in [-0.3, -0.25) is 0 Å². The van der Waals surface area contributed by atoms with Crippen LogP contribution in [0.15, 0.2) is 48.5 Å². The van der Waals surface area contributed by atoms with Crippen molar-refractivity contribution in [3.63, 3.8) is 0 Å². The molecule has 82 valence electrons. The van der Waals surface area contributed by atoms with Crippen LogP contribution >= 0.6 is 11.6 Å².